The number of aryl methyl sites for hydroxylation is 1. The monoisotopic (exact) mass is 408 g/mol. The second-order valence-corrected chi connectivity index (χ2v) is 7.34. The van der Waals surface area contributed by atoms with E-state index in [0.717, 1.165) is 18.4 Å². The molecule has 30 heavy (non-hydrogen) atoms. The van der Waals surface area contributed by atoms with Crippen LogP contribution in [0.4, 0.5) is 10.3 Å². The van der Waals surface area contributed by atoms with Crippen LogP contribution in [0.1, 0.15) is 30.4 Å². The maximum Gasteiger partial charge on any atom is 0.327 e. The summed E-state index contributed by atoms with van der Waals surface area (Å²) in [7, 11) is 0. The third-order valence-electron chi connectivity index (χ3n) is 4.80. The number of nitrogens with zero attached hydrogens (tertiary/aromatic N) is 4. The van der Waals surface area contributed by atoms with Crippen LogP contribution >= 0.6 is 0 Å². The lowest BCUT2D eigenvalue weighted by molar-refractivity contribution is -0.124. The van der Waals surface area contributed by atoms with E-state index in [0.29, 0.717) is 22.7 Å². The number of benzene rings is 1. The zero-order valence-electron chi connectivity index (χ0n) is 16.0. The molecule has 2 aromatic heterocycles. The summed E-state index contributed by atoms with van der Waals surface area (Å²) >= 11 is 0. The number of ether oxygens (including phenoxy) is 1. The van der Waals surface area contributed by atoms with Crippen molar-refractivity contribution in [3.05, 3.63) is 46.9 Å². The number of nitrogens with one attached hydrogen (secondary N) is 2. The Balaban J connectivity index is 1.59. The van der Waals surface area contributed by atoms with Gasteiger partial charge in [-0.2, -0.15) is 19.6 Å². The summed E-state index contributed by atoms with van der Waals surface area (Å²) in [6, 6.07) is 4.74. The molecule has 10 heteroatoms. The van der Waals surface area contributed by atoms with Gasteiger partial charge in [-0.25, -0.2) is 4.39 Å². The molecule has 1 aliphatic heterocycles. The van der Waals surface area contributed by atoms with E-state index in [4.69, 9.17) is 4.74 Å². The van der Waals surface area contributed by atoms with E-state index >= 15 is 0 Å². The summed E-state index contributed by atoms with van der Waals surface area (Å²) in [6.07, 6.45) is 5.10. The summed E-state index contributed by atoms with van der Waals surface area (Å²) in [5.74, 6) is -0.910. The van der Waals surface area contributed by atoms with Crippen LogP contribution in [-0.2, 0) is 9.59 Å². The average Bonchev–Trinajstić information content (AvgIpc) is 3.34. The number of anilines is 1. The first-order valence-electron chi connectivity index (χ1n) is 9.47. The second-order valence-electron chi connectivity index (χ2n) is 7.34. The van der Waals surface area contributed by atoms with E-state index in [1.54, 1.807) is 18.2 Å². The summed E-state index contributed by atoms with van der Waals surface area (Å²) in [4.78, 5) is 32.1. The van der Waals surface area contributed by atoms with Crippen LogP contribution < -0.4 is 15.4 Å². The van der Waals surface area contributed by atoms with Gasteiger partial charge in [-0.15, -0.1) is 0 Å². The standard InChI is InChI=1S/C20H17FN6O3/c1-10-2-5-14(21)15(6-10)30-20-25-17-12(7-11-8-16(28)24-18(11)29)9-22-27(17)19(26-20)23-13-3-4-13/h2,5-7,9,13H,3-4,8H2,1H3,(H,23,25,26)(H,24,28,29)/b11-7+. The number of rotatable bonds is 5. The van der Waals surface area contributed by atoms with Crippen molar-refractivity contribution in [3.63, 3.8) is 0 Å². The van der Waals surface area contributed by atoms with Gasteiger partial charge in [-0.3, -0.25) is 14.9 Å². The normalized spacial score (nSPS) is 17.6. The summed E-state index contributed by atoms with van der Waals surface area (Å²) in [5.41, 5.74) is 2.04. The molecule has 2 N–H and O–H groups in total. The number of hydrogen-bond donors (Lipinski definition) is 2. The predicted molar refractivity (Wildman–Crippen MR) is 104 cm³/mol. The van der Waals surface area contributed by atoms with Crippen molar-refractivity contribution in [1.82, 2.24) is 24.9 Å². The van der Waals surface area contributed by atoms with Crippen LogP contribution in [0, 0.1) is 12.7 Å². The van der Waals surface area contributed by atoms with Gasteiger partial charge < -0.3 is 10.1 Å². The van der Waals surface area contributed by atoms with Crippen LogP contribution in [-0.4, -0.2) is 37.4 Å². The maximum absolute atomic E-state index is 14.2. The van der Waals surface area contributed by atoms with Gasteiger partial charge in [-0.05, 0) is 43.5 Å². The zero-order valence-corrected chi connectivity index (χ0v) is 16.0. The number of halogens is 1. The topological polar surface area (TPSA) is 111 Å². The molecule has 5 rings (SSSR count). The lowest BCUT2D eigenvalue weighted by Gasteiger charge is -2.10. The predicted octanol–water partition coefficient (Wildman–Crippen LogP) is 2.37. The molecule has 1 aromatic carbocycles. The van der Waals surface area contributed by atoms with E-state index in [1.165, 1.54) is 16.8 Å². The fourth-order valence-corrected chi connectivity index (χ4v) is 3.12. The van der Waals surface area contributed by atoms with Gasteiger partial charge in [-0.1, -0.05) is 6.07 Å². The highest BCUT2D eigenvalue weighted by Crippen LogP contribution is 2.29. The highest BCUT2D eigenvalue weighted by Gasteiger charge is 2.26. The Morgan fingerprint density at radius 1 is 1.30 bits per heavy atom. The van der Waals surface area contributed by atoms with E-state index in [1.807, 2.05) is 6.92 Å². The molecule has 0 atom stereocenters. The molecule has 152 valence electrons. The average molecular weight is 408 g/mol. The third kappa shape index (κ3) is 3.47. The Kier molecular flexibility index (Phi) is 4.19. The summed E-state index contributed by atoms with van der Waals surface area (Å²) in [5, 5.41) is 9.80. The molecular weight excluding hydrogens is 391 g/mol. The first-order valence-corrected chi connectivity index (χ1v) is 9.47. The number of hydrogen-bond acceptors (Lipinski definition) is 7. The molecule has 3 heterocycles. The molecule has 0 bridgehead atoms. The second kappa shape index (κ2) is 6.90. The fourth-order valence-electron chi connectivity index (χ4n) is 3.12. The van der Waals surface area contributed by atoms with Gasteiger partial charge in [0.05, 0.1) is 12.6 Å². The fraction of sp³-hybridized carbons (Fsp3) is 0.250. The minimum Gasteiger partial charge on any atom is -0.421 e. The van der Waals surface area contributed by atoms with Crippen molar-refractivity contribution in [3.8, 4) is 11.8 Å². The number of aromatic nitrogens is 4. The van der Waals surface area contributed by atoms with Crippen molar-refractivity contribution in [2.24, 2.45) is 0 Å². The Morgan fingerprint density at radius 2 is 2.13 bits per heavy atom. The smallest absolute Gasteiger partial charge is 0.327 e. The Labute approximate surface area is 170 Å². The van der Waals surface area contributed by atoms with Gasteiger partial charge in [0.15, 0.2) is 17.2 Å². The molecule has 1 saturated carbocycles. The van der Waals surface area contributed by atoms with Crippen molar-refractivity contribution in [2.75, 3.05) is 5.32 Å². The minimum atomic E-state index is -0.530. The van der Waals surface area contributed by atoms with Gasteiger partial charge in [0.1, 0.15) is 0 Å². The van der Waals surface area contributed by atoms with E-state index < -0.39 is 11.7 Å². The number of imide groups is 1. The number of fused-ring (bicyclic) bond motifs is 1. The van der Waals surface area contributed by atoms with E-state index in [9.17, 15) is 14.0 Å². The molecule has 0 radical (unpaired) electrons. The maximum atomic E-state index is 14.2. The van der Waals surface area contributed by atoms with Gasteiger partial charge in [0.25, 0.3) is 5.91 Å². The van der Waals surface area contributed by atoms with Gasteiger partial charge in [0, 0.05) is 17.2 Å². The Hall–Kier alpha value is -3.82. The van der Waals surface area contributed by atoms with Crippen molar-refractivity contribution >= 4 is 29.5 Å². The molecular formula is C20H17FN6O3. The minimum absolute atomic E-state index is 0.00764. The Bertz CT molecular complexity index is 1230. The van der Waals surface area contributed by atoms with E-state index in [-0.39, 0.29) is 30.1 Å². The lowest BCUT2D eigenvalue weighted by atomic mass is 10.1. The highest BCUT2D eigenvalue weighted by atomic mass is 19.1. The quantitative estimate of drug-likeness (QED) is 0.493. The number of carbonyl (C=O) groups excluding carboxylic acids is 2. The molecule has 2 aliphatic rings. The molecule has 1 aliphatic carbocycles. The Morgan fingerprint density at radius 3 is 2.87 bits per heavy atom. The van der Waals surface area contributed by atoms with Crippen molar-refractivity contribution < 1.29 is 18.7 Å². The van der Waals surface area contributed by atoms with Gasteiger partial charge >= 0.3 is 6.01 Å². The molecule has 2 amide bonds. The molecule has 2 fully saturated rings. The molecule has 3 aromatic rings. The molecule has 1 saturated heterocycles. The number of amides is 2. The summed E-state index contributed by atoms with van der Waals surface area (Å²) < 4.78 is 21.3. The number of carbonyl (C=O) groups is 2. The third-order valence-corrected chi connectivity index (χ3v) is 4.80. The SMILES string of the molecule is Cc1ccc(F)c(Oc2nc(NC3CC3)n3ncc(/C=C4\CC(=O)NC4=O)c3n2)c1. The van der Waals surface area contributed by atoms with Crippen molar-refractivity contribution in [2.45, 2.75) is 32.2 Å². The largest absolute Gasteiger partial charge is 0.421 e. The first-order chi connectivity index (χ1) is 14.5. The van der Waals surface area contributed by atoms with Crippen LogP contribution in [0.3, 0.4) is 0 Å². The van der Waals surface area contributed by atoms with Gasteiger partial charge in [0.2, 0.25) is 11.9 Å². The molecule has 0 spiro atoms. The van der Waals surface area contributed by atoms with E-state index in [2.05, 4.69) is 25.7 Å². The molecule has 0 unspecified atom stereocenters. The molecule has 9 nitrogen and oxygen atoms in total. The van der Waals surface area contributed by atoms with Crippen LogP contribution in [0.25, 0.3) is 11.7 Å². The lowest BCUT2D eigenvalue weighted by Crippen LogP contribution is -2.19. The van der Waals surface area contributed by atoms with Crippen molar-refractivity contribution in [1.29, 1.82) is 0 Å². The highest BCUT2D eigenvalue weighted by molar-refractivity contribution is 6.15. The first kappa shape index (κ1) is 18.2. The van der Waals surface area contributed by atoms with Crippen LogP contribution in [0.5, 0.6) is 11.8 Å². The van der Waals surface area contributed by atoms with Crippen LogP contribution in [0.15, 0.2) is 30.0 Å². The summed E-state index contributed by atoms with van der Waals surface area (Å²) in [6.45, 7) is 1.83. The zero-order chi connectivity index (χ0) is 20.8. The van der Waals surface area contributed by atoms with Crippen LogP contribution in [0.2, 0.25) is 0 Å².